The highest BCUT2D eigenvalue weighted by atomic mass is 32.2. The molecule has 4 N–H and O–H groups in total. The Morgan fingerprint density at radius 2 is 1.23 bits per heavy atom. The summed E-state index contributed by atoms with van der Waals surface area (Å²) in [7, 11) is 0. The second-order valence-electron chi connectivity index (χ2n) is 5.22. The van der Waals surface area contributed by atoms with Crippen molar-refractivity contribution in [1.29, 1.82) is 0 Å². The first-order chi connectivity index (χ1) is 12.7. The number of hydrogen-bond acceptors (Lipinski definition) is 10. The van der Waals surface area contributed by atoms with Gasteiger partial charge < -0.3 is 11.7 Å². The van der Waals surface area contributed by atoms with Crippen LogP contribution < -0.4 is 11.7 Å². The van der Waals surface area contributed by atoms with Crippen LogP contribution in [0.25, 0.3) is 11.0 Å². The quantitative estimate of drug-likeness (QED) is 0.361. The van der Waals surface area contributed by atoms with E-state index >= 15 is 0 Å². The summed E-state index contributed by atoms with van der Waals surface area (Å²) in [5.74, 6) is 12.7. The molecule has 0 atom stereocenters. The third kappa shape index (κ3) is 3.41. The summed E-state index contributed by atoms with van der Waals surface area (Å²) in [5, 5.41) is 16.7. The van der Waals surface area contributed by atoms with Crippen LogP contribution in [0.15, 0.2) is 47.2 Å². The second-order valence-corrected chi connectivity index (χ2v) is 7.11. The topological polar surface area (TPSA) is 139 Å². The molecule has 0 aliphatic rings. The number of nitrogens with two attached hydrogens (primary N) is 2. The first-order valence-electron chi connectivity index (χ1n) is 7.51. The zero-order chi connectivity index (χ0) is 17.9. The number of para-hydroxylation sites is 2. The van der Waals surface area contributed by atoms with Gasteiger partial charge in [-0.3, -0.25) is 0 Å². The van der Waals surface area contributed by atoms with Crippen LogP contribution in [0.5, 0.6) is 0 Å². The summed E-state index contributed by atoms with van der Waals surface area (Å²) in [6, 6.07) is 7.76. The summed E-state index contributed by atoms with van der Waals surface area (Å²) in [6.45, 7) is 0. The van der Waals surface area contributed by atoms with Gasteiger partial charge in [0.05, 0.1) is 22.4 Å². The fourth-order valence-electron chi connectivity index (χ4n) is 2.24. The number of benzene rings is 1. The van der Waals surface area contributed by atoms with Gasteiger partial charge in [-0.2, -0.15) is 0 Å². The minimum absolute atomic E-state index is 0.568. The van der Waals surface area contributed by atoms with Crippen LogP contribution in [0.1, 0.15) is 11.4 Å². The predicted octanol–water partition coefficient (Wildman–Crippen LogP) is 0.825. The number of aromatic nitrogens is 8. The van der Waals surface area contributed by atoms with E-state index in [1.807, 2.05) is 24.3 Å². The Hall–Kier alpha value is -2.86. The molecule has 0 saturated carbocycles. The zero-order valence-electron chi connectivity index (χ0n) is 13.4. The van der Waals surface area contributed by atoms with Gasteiger partial charge in [0, 0.05) is 11.5 Å². The molecule has 0 saturated heterocycles. The molecule has 0 amide bonds. The van der Waals surface area contributed by atoms with Gasteiger partial charge in [-0.15, -0.1) is 20.4 Å². The monoisotopic (exact) mass is 386 g/mol. The molecule has 4 rings (SSSR count). The van der Waals surface area contributed by atoms with Gasteiger partial charge in [0.1, 0.15) is 12.7 Å². The van der Waals surface area contributed by atoms with Gasteiger partial charge in [-0.25, -0.2) is 19.3 Å². The van der Waals surface area contributed by atoms with Crippen LogP contribution in [-0.4, -0.2) is 39.7 Å². The van der Waals surface area contributed by atoms with Gasteiger partial charge >= 0.3 is 0 Å². The Bertz CT molecular complexity index is 960. The fourth-order valence-corrected chi connectivity index (χ4v) is 3.84. The first-order valence-corrected chi connectivity index (χ1v) is 9.48. The van der Waals surface area contributed by atoms with E-state index in [1.54, 1.807) is 0 Å². The molecule has 3 aromatic heterocycles. The average Bonchev–Trinajstić information content (AvgIpc) is 3.25. The van der Waals surface area contributed by atoms with Crippen molar-refractivity contribution in [3.8, 4) is 0 Å². The third-order valence-electron chi connectivity index (χ3n) is 3.48. The maximum Gasteiger partial charge on any atom is 0.209 e. The highest BCUT2D eigenvalue weighted by molar-refractivity contribution is 7.98. The minimum atomic E-state index is 0.568. The van der Waals surface area contributed by atoms with E-state index in [4.69, 9.17) is 21.7 Å². The molecule has 0 aliphatic heterocycles. The van der Waals surface area contributed by atoms with Crippen molar-refractivity contribution < 1.29 is 0 Å². The van der Waals surface area contributed by atoms with Gasteiger partial charge in [0.25, 0.3) is 0 Å². The van der Waals surface area contributed by atoms with Crippen molar-refractivity contribution >= 4 is 34.6 Å². The summed E-state index contributed by atoms with van der Waals surface area (Å²) < 4.78 is 2.76. The van der Waals surface area contributed by atoms with E-state index in [-0.39, 0.29) is 0 Å². The Morgan fingerprint density at radius 3 is 1.62 bits per heavy atom. The van der Waals surface area contributed by atoms with E-state index in [9.17, 15) is 0 Å². The normalized spacial score (nSPS) is 11.2. The SMILES string of the molecule is Nn1cnnc1SCc1nc2ccccc2nc1CSc1nncn1N. The molecule has 10 nitrogen and oxygen atoms in total. The second kappa shape index (κ2) is 7.17. The van der Waals surface area contributed by atoms with Crippen molar-refractivity contribution in [2.45, 2.75) is 21.8 Å². The zero-order valence-corrected chi connectivity index (χ0v) is 15.1. The summed E-state index contributed by atoms with van der Waals surface area (Å²) >= 11 is 2.90. The molecule has 26 heavy (non-hydrogen) atoms. The predicted molar refractivity (Wildman–Crippen MR) is 99.0 cm³/mol. The lowest BCUT2D eigenvalue weighted by molar-refractivity contribution is 0.843. The van der Waals surface area contributed by atoms with E-state index in [0.29, 0.717) is 21.8 Å². The third-order valence-corrected chi connectivity index (χ3v) is 5.42. The van der Waals surface area contributed by atoms with Crippen molar-refractivity contribution in [2.24, 2.45) is 0 Å². The Balaban J connectivity index is 1.62. The van der Waals surface area contributed by atoms with Gasteiger partial charge in [-0.05, 0) is 12.1 Å². The van der Waals surface area contributed by atoms with Gasteiger partial charge in [-0.1, -0.05) is 35.7 Å². The van der Waals surface area contributed by atoms with E-state index in [1.165, 1.54) is 45.5 Å². The lowest BCUT2D eigenvalue weighted by Gasteiger charge is -2.09. The van der Waals surface area contributed by atoms with E-state index in [0.717, 1.165) is 22.4 Å². The standard InChI is InChI=1S/C14H14N10S2/c15-23-7-17-21-13(23)25-5-11-12(6-26-14-22-18-8-24(14)16)20-10-4-2-1-3-9(10)19-11/h1-4,7-8H,5-6,15-16H2. The highest BCUT2D eigenvalue weighted by Crippen LogP contribution is 2.26. The molecule has 4 aromatic rings. The number of hydrogen-bond donors (Lipinski definition) is 2. The minimum Gasteiger partial charge on any atom is -0.336 e. The molecule has 12 heteroatoms. The number of thioether (sulfide) groups is 2. The summed E-state index contributed by atoms with van der Waals surface area (Å²) in [4.78, 5) is 9.52. The van der Waals surface area contributed by atoms with E-state index < -0.39 is 0 Å². The van der Waals surface area contributed by atoms with Crippen LogP contribution in [0.2, 0.25) is 0 Å². The molecular weight excluding hydrogens is 372 g/mol. The van der Waals surface area contributed by atoms with Crippen molar-refractivity contribution in [3.05, 3.63) is 48.3 Å². The van der Waals surface area contributed by atoms with Crippen molar-refractivity contribution in [1.82, 2.24) is 39.7 Å². The lowest BCUT2D eigenvalue weighted by Crippen LogP contribution is -2.09. The molecule has 0 radical (unpaired) electrons. The molecule has 0 bridgehead atoms. The highest BCUT2D eigenvalue weighted by Gasteiger charge is 2.13. The smallest absolute Gasteiger partial charge is 0.209 e. The molecule has 0 aliphatic carbocycles. The van der Waals surface area contributed by atoms with Crippen LogP contribution in [-0.2, 0) is 11.5 Å². The molecular formula is C14H14N10S2. The van der Waals surface area contributed by atoms with E-state index in [2.05, 4.69) is 20.4 Å². The largest absolute Gasteiger partial charge is 0.336 e. The number of rotatable bonds is 6. The molecule has 1 aromatic carbocycles. The number of nitrogen functional groups attached to an aromatic ring is 2. The Kier molecular flexibility index (Phi) is 4.58. The van der Waals surface area contributed by atoms with Gasteiger partial charge in [0.2, 0.25) is 10.3 Å². The fraction of sp³-hybridized carbons (Fsp3) is 0.143. The van der Waals surface area contributed by atoms with Crippen LogP contribution in [0.3, 0.4) is 0 Å². The number of fused-ring (bicyclic) bond motifs is 1. The molecule has 0 spiro atoms. The summed E-state index contributed by atoms with van der Waals surface area (Å²) in [6.07, 6.45) is 2.92. The molecule has 132 valence electrons. The van der Waals surface area contributed by atoms with Gasteiger partial charge in [0.15, 0.2) is 0 Å². The van der Waals surface area contributed by atoms with Crippen molar-refractivity contribution in [3.63, 3.8) is 0 Å². The first kappa shape index (κ1) is 16.6. The molecule has 0 fully saturated rings. The maximum atomic E-state index is 5.77. The Labute approximate surface area is 156 Å². The Morgan fingerprint density at radius 1 is 0.769 bits per heavy atom. The molecule has 0 unspecified atom stereocenters. The molecule has 3 heterocycles. The van der Waals surface area contributed by atoms with Crippen LogP contribution in [0.4, 0.5) is 0 Å². The number of nitrogens with zero attached hydrogens (tertiary/aromatic N) is 8. The van der Waals surface area contributed by atoms with Crippen LogP contribution >= 0.6 is 23.5 Å². The van der Waals surface area contributed by atoms with Crippen LogP contribution in [0, 0.1) is 0 Å². The lowest BCUT2D eigenvalue weighted by atomic mass is 10.2. The summed E-state index contributed by atoms with van der Waals surface area (Å²) in [5.41, 5.74) is 3.39. The van der Waals surface area contributed by atoms with Crippen molar-refractivity contribution in [2.75, 3.05) is 11.7 Å². The average molecular weight is 386 g/mol. The maximum absolute atomic E-state index is 5.77.